The monoisotopic (exact) mass is 428 g/mol. The summed E-state index contributed by atoms with van der Waals surface area (Å²) < 4.78 is 0. The Bertz CT molecular complexity index is 858. The van der Waals surface area contributed by atoms with Crippen molar-refractivity contribution in [2.75, 3.05) is 36.4 Å². The number of benzene rings is 2. The molecule has 1 saturated heterocycles. The van der Waals surface area contributed by atoms with Gasteiger partial charge >= 0.3 is 6.03 Å². The number of urea groups is 1. The van der Waals surface area contributed by atoms with Gasteiger partial charge in [-0.25, -0.2) is 9.79 Å². The molecule has 4 N–H and O–H groups in total. The van der Waals surface area contributed by atoms with E-state index in [2.05, 4.69) is 25.4 Å². The lowest BCUT2D eigenvalue weighted by Gasteiger charge is -2.36. The van der Waals surface area contributed by atoms with Gasteiger partial charge in [0.05, 0.1) is 6.54 Å². The van der Waals surface area contributed by atoms with Crippen LogP contribution in [-0.4, -0.2) is 49.1 Å². The highest BCUT2D eigenvalue weighted by atomic mass is 35.5. The van der Waals surface area contributed by atoms with Gasteiger partial charge in [-0.2, -0.15) is 0 Å². The Morgan fingerprint density at radius 2 is 1.70 bits per heavy atom. The molecule has 8 heteroatoms. The van der Waals surface area contributed by atoms with E-state index < -0.39 is 0 Å². The van der Waals surface area contributed by atoms with Gasteiger partial charge < -0.3 is 26.2 Å². The van der Waals surface area contributed by atoms with Crippen LogP contribution in [0.1, 0.15) is 19.4 Å². The summed E-state index contributed by atoms with van der Waals surface area (Å²) >= 11 is 5.97. The van der Waals surface area contributed by atoms with Crippen LogP contribution >= 0.6 is 11.6 Å². The predicted molar refractivity (Wildman–Crippen MR) is 124 cm³/mol. The number of nitrogens with one attached hydrogen (secondary N) is 2. The van der Waals surface area contributed by atoms with Gasteiger partial charge in [-0.1, -0.05) is 23.7 Å². The van der Waals surface area contributed by atoms with Gasteiger partial charge in [0.25, 0.3) is 0 Å². The molecular weight excluding hydrogens is 400 g/mol. The molecule has 1 heterocycles. The standard InChI is InChI=1S/C22H29ClN6O/c1-16(2)26-22(30)27-19-7-3-17(4-8-19)15-25-21(24)29-13-11-28(12-14-29)20-9-5-18(23)6-10-20/h3-10,16H,11-15H2,1-2H3,(H2,24,25)(H2,26,27,30). The van der Waals surface area contributed by atoms with Gasteiger partial charge in [0, 0.05) is 48.6 Å². The zero-order chi connectivity index (χ0) is 21.5. The molecule has 0 radical (unpaired) electrons. The minimum atomic E-state index is -0.210. The summed E-state index contributed by atoms with van der Waals surface area (Å²) in [6, 6.07) is 15.4. The summed E-state index contributed by atoms with van der Waals surface area (Å²) in [5.74, 6) is 0.560. The molecule has 0 aromatic heterocycles. The third-order valence-corrected chi connectivity index (χ3v) is 5.10. The number of anilines is 2. The molecule has 1 fully saturated rings. The average molecular weight is 429 g/mol. The second-order valence-electron chi connectivity index (χ2n) is 7.58. The Morgan fingerprint density at radius 1 is 1.07 bits per heavy atom. The van der Waals surface area contributed by atoms with Crippen molar-refractivity contribution < 1.29 is 4.79 Å². The van der Waals surface area contributed by atoms with E-state index in [1.807, 2.05) is 62.4 Å². The third kappa shape index (κ3) is 6.29. The molecule has 0 saturated carbocycles. The van der Waals surface area contributed by atoms with Crippen LogP contribution in [0, 0.1) is 0 Å². The van der Waals surface area contributed by atoms with Crippen LogP contribution < -0.4 is 21.3 Å². The molecule has 1 aliphatic heterocycles. The van der Waals surface area contributed by atoms with Gasteiger partial charge in [0.15, 0.2) is 5.96 Å². The molecular formula is C22H29ClN6O. The number of hydrogen-bond donors (Lipinski definition) is 3. The largest absolute Gasteiger partial charge is 0.370 e. The van der Waals surface area contributed by atoms with E-state index in [9.17, 15) is 4.79 Å². The van der Waals surface area contributed by atoms with E-state index in [-0.39, 0.29) is 12.1 Å². The van der Waals surface area contributed by atoms with E-state index in [0.29, 0.717) is 12.5 Å². The average Bonchev–Trinajstić information content (AvgIpc) is 2.73. The maximum Gasteiger partial charge on any atom is 0.319 e. The van der Waals surface area contributed by atoms with Crippen LogP contribution in [0.5, 0.6) is 0 Å². The van der Waals surface area contributed by atoms with Gasteiger partial charge in [-0.3, -0.25) is 0 Å². The van der Waals surface area contributed by atoms with Crippen LogP contribution in [0.15, 0.2) is 53.5 Å². The quantitative estimate of drug-likeness (QED) is 0.502. The van der Waals surface area contributed by atoms with Gasteiger partial charge in [-0.15, -0.1) is 0 Å². The Balaban J connectivity index is 1.48. The topological polar surface area (TPSA) is 86.0 Å². The van der Waals surface area contributed by atoms with Crippen molar-refractivity contribution in [2.45, 2.75) is 26.4 Å². The fourth-order valence-electron chi connectivity index (χ4n) is 3.24. The second-order valence-corrected chi connectivity index (χ2v) is 8.01. The first kappa shape index (κ1) is 21.8. The highest BCUT2D eigenvalue weighted by Gasteiger charge is 2.18. The smallest absolute Gasteiger partial charge is 0.319 e. The maximum absolute atomic E-state index is 11.8. The number of nitrogens with zero attached hydrogens (tertiary/aromatic N) is 3. The van der Waals surface area contributed by atoms with Gasteiger partial charge in [-0.05, 0) is 55.8 Å². The van der Waals surface area contributed by atoms with Crippen LogP contribution in [0.4, 0.5) is 16.2 Å². The lowest BCUT2D eigenvalue weighted by molar-refractivity contribution is 0.250. The molecule has 0 bridgehead atoms. The molecule has 7 nitrogen and oxygen atoms in total. The minimum Gasteiger partial charge on any atom is -0.370 e. The van der Waals surface area contributed by atoms with Crippen molar-refractivity contribution in [3.63, 3.8) is 0 Å². The number of carbonyl (C=O) groups excluding carboxylic acids is 1. The predicted octanol–water partition coefficient (Wildman–Crippen LogP) is 3.51. The number of hydrogen-bond acceptors (Lipinski definition) is 3. The number of guanidine groups is 1. The van der Waals surface area contributed by atoms with Crippen molar-refractivity contribution in [3.8, 4) is 0 Å². The first-order valence-corrected chi connectivity index (χ1v) is 10.5. The number of aliphatic imine (C=N–C) groups is 1. The van der Waals surface area contributed by atoms with Crippen molar-refractivity contribution in [1.29, 1.82) is 0 Å². The minimum absolute atomic E-state index is 0.0923. The Morgan fingerprint density at radius 3 is 2.30 bits per heavy atom. The van der Waals surface area contributed by atoms with Crippen LogP contribution in [0.2, 0.25) is 5.02 Å². The zero-order valence-corrected chi connectivity index (χ0v) is 18.2. The Kier molecular flexibility index (Phi) is 7.41. The summed E-state index contributed by atoms with van der Waals surface area (Å²) in [5.41, 5.74) is 9.17. The number of halogens is 1. The van der Waals surface area contributed by atoms with Crippen molar-refractivity contribution in [2.24, 2.45) is 10.7 Å². The van der Waals surface area contributed by atoms with Crippen molar-refractivity contribution >= 4 is 35.0 Å². The molecule has 2 aromatic carbocycles. The van der Waals surface area contributed by atoms with E-state index in [4.69, 9.17) is 17.3 Å². The molecule has 0 spiro atoms. The van der Waals surface area contributed by atoms with E-state index >= 15 is 0 Å². The fraction of sp³-hybridized carbons (Fsp3) is 0.364. The highest BCUT2D eigenvalue weighted by Crippen LogP contribution is 2.19. The van der Waals surface area contributed by atoms with E-state index in [0.717, 1.165) is 42.5 Å². The summed E-state index contributed by atoms with van der Waals surface area (Å²) in [5, 5.41) is 6.35. The molecule has 160 valence electrons. The molecule has 30 heavy (non-hydrogen) atoms. The lowest BCUT2D eigenvalue weighted by atomic mass is 10.2. The molecule has 1 aliphatic rings. The number of piperazine rings is 1. The van der Waals surface area contributed by atoms with E-state index in [1.165, 1.54) is 5.69 Å². The van der Waals surface area contributed by atoms with Crippen molar-refractivity contribution in [1.82, 2.24) is 10.2 Å². The normalized spacial score (nSPS) is 14.7. The van der Waals surface area contributed by atoms with Gasteiger partial charge in [0.1, 0.15) is 0 Å². The summed E-state index contributed by atoms with van der Waals surface area (Å²) in [4.78, 5) is 20.7. The molecule has 0 aliphatic carbocycles. The number of nitrogens with two attached hydrogens (primary N) is 1. The summed E-state index contributed by atoms with van der Waals surface area (Å²) in [7, 11) is 0. The van der Waals surface area contributed by atoms with E-state index in [1.54, 1.807) is 0 Å². The number of rotatable bonds is 5. The van der Waals surface area contributed by atoms with Crippen LogP contribution in [0.25, 0.3) is 0 Å². The third-order valence-electron chi connectivity index (χ3n) is 4.85. The first-order valence-electron chi connectivity index (χ1n) is 10.1. The number of carbonyl (C=O) groups is 1. The second kappa shape index (κ2) is 10.2. The molecule has 0 atom stereocenters. The molecule has 2 amide bonds. The summed E-state index contributed by atoms with van der Waals surface area (Å²) in [6.07, 6.45) is 0. The van der Waals surface area contributed by atoms with Crippen LogP contribution in [0.3, 0.4) is 0 Å². The summed E-state index contributed by atoms with van der Waals surface area (Å²) in [6.45, 7) is 7.76. The lowest BCUT2D eigenvalue weighted by Crippen LogP contribution is -2.51. The van der Waals surface area contributed by atoms with Crippen molar-refractivity contribution in [3.05, 3.63) is 59.1 Å². The highest BCUT2D eigenvalue weighted by molar-refractivity contribution is 6.30. The first-order chi connectivity index (χ1) is 14.4. The Hall–Kier alpha value is -2.93. The van der Waals surface area contributed by atoms with Crippen LogP contribution in [-0.2, 0) is 6.54 Å². The fourth-order valence-corrected chi connectivity index (χ4v) is 3.37. The zero-order valence-electron chi connectivity index (χ0n) is 17.4. The molecule has 0 unspecified atom stereocenters. The Labute approximate surface area is 182 Å². The number of amides is 2. The molecule has 2 aromatic rings. The van der Waals surface area contributed by atoms with Gasteiger partial charge in [0.2, 0.25) is 0 Å². The maximum atomic E-state index is 11.8. The SMILES string of the molecule is CC(C)NC(=O)Nc1ccc(CN=C(N)N2CCN(c3ccc(Cl)cc3)CC2)cc1. The molecule has 3 rings (SSSR count).